The van der Waals surface area contributed by atoms with E-state index in [1.807, 2.05) is 0 Å². The molecule has 6 nitrogen and oxygen atoms in total. The van der Waals surface area contributed by atoms with Crippen molar-refractivity contribution in [2.75, 3.05) is 14.2 Å². The molecule has 0 heterocycles. The Morgan fingerprint density at radius 3 is 2.29 bits per heavy atom. The third-order valence-corrected chi connectivity index (χ3v) is 2.00. The monoisotopic (exact) mass is 246 g/mol. The summed E-state index contributed by atoms with van der Waals surface area (Å²) in [6.45, 7) is 7.08. The second kappa shape index (κ2) is 6.56. The minimum Gasteiger partial charge on any atom is -0.443 e. The van der Waals surface area contributed by atoms with E-state index < -0.39 is 11.7 Å². The van der Waals surface area contributed by atoms with Crippen LogP contribution in [0.1, 0.15) is 34.1 Å². The minimum atomic E-state index is -0.592. The zero-order valence-corrected chi connectivity index (χ0v) is 11.4. The Bertz CT molecular complexity index is 263. The fraction of sp³-hybridized carbons (Fsp3) is 0.818. The molecule has 0 aliphatic carbocycles. The van der Waals surface area contributed by atoms with Gasteiger partial charge in [-0.25, -0.2) is 9.80 Å². The first-order valence-electron chi connectivity index (χ1n) is 5.46. The van der Waals surface area contributed by atoms with E-state index in [0.717, 1.165) is 6.29 Å². The summed E-state index contributed by atoms with van der Waals surface area (Å²) < 4.78 is 5.24. The van der Waals surface area contributed by atoms with Crippen molar-refractivity contribution in [3.05, 3.63) is 0 Å². The number of hydrogen-bond acceptors (Lipinski definition) is 5. The van der Waals surface area contributed by atoms with Gasteiger partial charge in [-0.15, -0.1) is 0 Å². The van der Waals surface area contributed by atoms with Gasteiger partial charge >= 0.3 is 6.09 Å². The molecule has 0 bridgehead atoms. The molecule has 6 heteroatoms. The zero-order valence-electron chi connectivity index (χ0n) is 11.4. The van der Waals surface area contributed by atoms with Crippen molar-refractivity contribution in [2.24, 2.45) is 0 Å². The molecular formula is C11H22N2O4. The Labute approximate surface area is 102 Å². The Morgan fingerprint density at radius 2 is 1.94 bits per heavy atom. The van der Waals surface area contributed by atoms with Crippen molar-refractivity contribution in [3.8, 4) is 0 Å². The van der Waals surface area contributed by atoms with Crippen LogP contribution in [0.25, 0.3) is 0 Å². The van der Waals surface area contributed by atoms with Gasteiger partial charge < -0.3 is 9.53 Å². The Hall–Kier alpha value is -1.14. The van der Waals surface area contributed by atoms with Crippen LogP contribution in [0.3, 0.4) is 0 Å². The van der Waals surface area contributed by atoms with Crippen LogP contribution < -0.4 is 0 Å². The molecule has 0 aliphatic heterocycles. The summed E-state index contributed by atoms with van der Waals surface area (Å²) in [6, 6.07) is -0.327. The number of nitrogens with zero attached hydrogens (tertiary/aromatic N) is 2. The first kappa shape index (κ1) is 15.9. The van der Waals surface area contributed by atoms with Crippen LogP contribution in [0.2, 0.25) is 0 Å². The van der Waals surface area contributed by atoms with Gasteiger partial charge in [0.25, 0.3) is 0 Å². The lowest BCUT2D eigenvalue weighted by Crippen LogP contribution is -2.50. The summed E-state index contributed by atoms with van der Waals surface area (Å²) >= 11 is 0. The maximum atomic E-state index is 11.9. The van der Waals surface area contributed by atoms with Crippen molar-refractivity contribution in [3.63, 3.8) is 0 Å². The van der Waals surface area contributed by atoms with Gasteiger partial charge in [0.15, 0.2) is 0 Å². The summed E-state index contributed by atoms with van der Waals surface area (Å²) in [6.07, 6.45) is 0.426. The number of rotatable bonds is 5. The normalized spacial score (nSPS) is 13.4. The third-order valence-electron chi connectivity index (χ3n) is 2.00. The van der Waals surface area contributed by atoms with Gasteiger partial charge in [-0.1, -0.05) is 5.17 Å². The molecule has 0 aromatic rings. The number of hydrogen-bond donors (Lipinski definition) is 0. The standard InChI is InChI=1S/C11H22N2O4/c1-9(7-8-14)13(12(5)16-6)10(15)17-11(2,3)4/h8-9H,7H2,1-6H3. The second-order valence-electron chi connectivity index (χ2n) is 4.72. The van der Waals surface area contributed by atoms with Gasteiger partial charge in [0, 0.05) is 13.5 Å². The number of aldehydes is 1. The molecule has 0 aliphatic rings. The van der Waals surface area contributed by atoms with Crippen molar-refractivity contribution < 1.29 is 19.2 Å². The number of ether oxygens (including phenoxy) is 1. The van der Waals surface area contributed by atoms with Crippen LogP contribution in [0, 0.1) is 0 Å². The molecule has 1 unspecified atom stereocenters. The van der Waals surface area contributed by atoms with Crippen LogP contribution in [-0.2, 0) is 14.4 Å². The average molecular weight is 246 g/mol. The van der Waals surface area contributed by atoms with Crippen LogP contribution in [0.15, 0.2) is 0 Å². The quantitative estimate of drug-likeness (QED) is 0.545. The smallest absolute Gasteiger partial charge is 0.427 e. The predicted octanol–water partition coefficient (Wildman–Crippen LogP) is 1.61. The summed E-state index contributed by atoms with van der Waals surface area (Å²) in [7, 11) is 3.01. The van der Waals surface area contributed by atoms with E-state index in [2.05, 4.69) is 0 Å². The number of amides is 1. The van der Waals surface area contributed by atoms with Crippen LogP contribution in [-0.4, -0.2) is 48.4 Å². The first-order valence-corrected chi connectivity index (χ1v) is 5.46. The molecule has 0 aromatic carbocycles. The molecular weight excluding hydrogens is 224 g/mol. The molecule has 0 spiro atoms. The van der Waals surface area contributed by atoms with Crippen LogP contribution >= 0.6 is 0 Å². The molecule has 0 N–H and O–H groups in total. The van der Waals surface area contributed by atoms with Crippen LogP contribution in [0.4, 0.5) is 4.79 Å². The lowest BCUT2D eigenvalue weighted by atomic mass is 10.2. The number of carbonyl (C=O) groups excluding carboxylic acids is 2. The van der Waals surface area contributed by atoms with Gasteiger partial charge in [-0.2, -0.15) is 0 Å². The Balaban J connectivity index is 4.79. The van der Waals surface area contributed by atoms with Gasteiger partial charge in [0.1, 0.15) is 11.9 Å². The average Bonchev–Trinajstić information content (AvgIpc) is 2.15. The molecule has 0 saturated heterocycles. The maximum absolute atomic E-state index is 11.9. The summed E-state index contributed by atoms with van der Waals surface area (Å²) in [5.74, 6) is 0. The number of hydroxylamine groups is 1. The van der Waals surface area contributed by atoms with Gasteiger partial charge in [-0.05, 0) is 27.7 Å². The third kappa shape index (κ3) is 5.65. The molecule has 0 rings (SSSR count). The molecule has 0 radical (unpaired) electrons. The van der Waals surface area contributed by atoms with Crippen molar-refractivity contribution >= 4 is 12.4 Å². The van der Waals surface area contributed by atoms with E-state index in [1.165, 1.54) is 17.3 Å². The molecule has 17 heavy (non-hydrogen) atoms. The Kier molecular flexibility index (Phi) is 6.12. The molecule has 1 atom stereocenters. The molecule has 100 valence electrons. The summed E-state index contributed by atoms with van der Waals surface area (Å²) in [5.41, 5.74) is -0.592. The van der Waals surface area contributed by atoms with E-state index in [9.17, 15) is 9.59 Å². The highest BCUT2D eigenvalue weighted by Gasteiger charge is 2.29. The van der Waals surface area contributed by atoms with Crippen molar-refractivity contribution in [2.45, 2.75) is 45.8 Å². The predicted molar refractivity (Wildman–Crippen MR) is 63.0 cm³/mol. The van der Waals surface area contributed by atoms with Gasteiger partial charge in [0.2, 0.25) is 0 Å². The fourth-order valence-electron chi connectivity index (χ4n) is 1.21. The highest BCUT2D eigenvalue weighted by Crippen LogP contribution is 2.14. The zero-order chi connectivity index (χ0) is 13.6. The second-order valence-corrected chi connectivity index (χ2v) is 4.72. The minimum absolute atomic E-state index is 0.215. The van der Waals surface area contributed by atoms with E-state index in [4.69, 9.17) is 9.57 Å². The molecule has 0 saturated carbocycles. The van der Waals surface area contributed by atoms with Crippen LogP contribution in [0.5, 0.6) is 0 Å². The number of hydrazine groups is 1. The van der Waals surface area contributed by atoms with E-state index in [1.54, 1.807) is 34.7 Å². The van der Waals surface area contributed by atoms with Crippen molar-refractivity contribution in [1.82, 2.24) is 10.2 Å². The summed E-state index contributed by atoms with van der Waals surface area (Å²) in [4.78, 5) is 27.4. The lowest BCUT2D eigenvalue weighted by molar-refractivity contribution is -0.247. The van der Waals surface area contributed by atoms with E-state index in [-0.39, 0.29) is 12.5 Å². The van der Waals surface area contributed by atoms with E-state index in [0.29, 0.717) is 0 Å². The largest absolute Gasteiger partial charge is 0.443 e. The SMILES string of the molecule is CON(C)N(C(=O)OC(C)(C)C)C(C)CC=O. The van der Waals surface area contributed by atoms with E-state index >= 15 is 0 Å². The summed E-state index contributed by atoms with van der Waals surface area (Å²) in [5, 5.41) is 2.52. The maximum Gasteiger partial charge on any atom is 0.427 e. The molecule has 1 amide bonds. The molecule has 0 fully saturated rings. The molecule has 0 aromatic heterocycles. The highest BCUT2D eigenvalue weighted by atomic mass is 16.7. The highest BCUT2D eigenvalue weighted by molar-refractivity contribution is 5.68. The topological polar surface area (TPSA) is 59.1 Å². The fourth-order valence-corrected chi connectivity index (χ4v) is 1.21. The first-order chi connectivity index (χ1) is 7.72. The Morgan fingerprint density at radius 1 is 1.41 bits per heavy atom. The van der Waals surface area contributed by atoms with Crippen molar-refractivity contribution in [1.29, 1.82) is 0 Å². The number of carbonyl (C=O) groups is 2. The van der Waals surface area contributed by atoms with Gasteiger partial charge in [-0.3, -0.25) is 4.84 Å². The lowest BCUT2D eigenvalue weighted by Gasteiger charge is -2.35. The van der Waals surface area contributed by atoms with Gasteiger partial charge in [0.05, 0.1) is 13.2 Å².